The van der Waals surface area contributed by atoms with Gasteiger partial charge in [0.05, 0.1) is 13.2 Å². The Morgan fingerprint density at radius 2 is 2.28 bits per heavy atom. The zero-order chi connectivity index (χ0) is 13.0. The molecule has 0 radical (unpaired) electrons. The predicted molar refractivity (Wildman–Crippen MR) is 70.1 cm³/mol. The van der Waals surface area contributed by atoms with Crippen LogP contribution in [0.3, 0.4) is 0 Å². The summed E-state index contributed by atoms with van der Waals surface area (Å²) in [6, 6.07) is 5.80. The summed E-state index contributed by atoms with van der Waals surface area (Å²) >= 11 is 0. The molecular formula is C14H21NO3. The first-order valence-electron chi connectivity index (χ1n) is 6.38. The van der Waals surface area contributed by atoms with Gasteiger partial charge in [-0.1, -0.05) is 6.07 Å². The van der Waals surface area contributed by atoms with Crippen LogP contribution < -0.4 is 15.2 Å². The summed E-state index contributed by atoms with van der Waals surface area (Å²) < 4.78 is 16.6. The molecule has 1 aliphatic rings. The molecule has 1 fully saturated rings. The van der Waals surface area contributed by atoms with E-state index in [1.54, 1.807) is 7.11 Å². The second kappa shape index (κ2) is 6.07. The fourth-order valence-electron chi connectivity index (χ4n) is 2.05. The van der Waals surface area contributed by atoms with Gasteiger partial charge in [-0.2, -0.15) is 0 Å². The van der Waals surface area contributed by atoms with Crippen LogP contribution in [0.4, 0.5) is 0 Å². The Balaban J connectivity index is 2.02. The Kier molecular flexibility index (Phi) is 4.44. The maximum absolute atomic E-state index is 5.84. The van der Waals surface area contributed by atoms with Crippen LogP contribution in [0.15, 0.2) is 18.2 Å². The lowest BCUT2D eigenvalue weighted by Gasteiger charge is -2.15. The van der Waals surface area contributed by atoms with Gasteiger partial charge < -0.3 is 19.9 Å². The van der Waals surface area contributed by atoms with Crippen molar-refractivity contribution in [3.63, 3.8) is 0 Å². The molecule has 0 bridgehead atoms. The molecule has 1 saturated heterocycles. The minimum Gasteiger partial charge on any atom is -0.493 e. The molecule has 2 atom stereocenters. The largest absolute Gasteiger partial charge is 0.493 e. The number of hydrogen-bond acceptors (Lipinski definition) is 4. The Hall–Kier alpha value is -1.26. The van der Waals surface area contributed by atoms with Crippen LogP contribution in [-0.4, -0.2) is 26.4 Å². The van der Waals surface area contributed by atoms with E-state index in [0.717, 1.165) is 36.5 Å². The average Bonchev–Trinajstić information content (AvgIpc) is 2.89. The normalized spacial score (nSPS) is 20.7. The fourth-order valence-corrected chi connectivity index (χ4v) is 2.05. The molecule has 1 aliphatic heterocycles. The standard InChI is InChI=1S/C14H21NO3/c1-10(15)11-5-6-13(14(8-11)16-2)18-9-12-4-3-7-17-12/h5-6,8,10,12H,3-4,7,9,15H2,1-2H3/t10-,12?/m1/s1. The minimum atomic E-state index is -0.00823. The third-order valence-corrected chi connectivity index (χ3v) is 3.16. The Morgan fingerprint density at radius 1 is 1.44 bits per heavy atom. The first-order chi connectivity index (χ1) is 8.70. The van der Waals surface area contributed by atoms with Gasteiger partial charge in [0, 0.05) is 12.6 Å². The van der Waals surface area contributed by atoms with E-state index in [1.807, 2.05) is 25.1 Å². The van der Waals surface area contributed by atoms with E-state index >= 15 is 0 Å². The van der Waals surface area contributed by atoms with Crippen molar-refractivity contribution in [3.8, 4) is 11.5 Å². The number of ether oxygens (including phenoxy) is 3. The number of nitrogens with two attached hydrogens (primary N) is 1. The maximum atomic E-state index is 5.84. The summed E-state index contributed by atoms with van der Waals surface area (Å²) in [4.78, 5) is 0. The predicted octanol–water partition coefficient (Wildman–Crippen LogP) is 2.27. The lowest BCUT2D eigenvalue weighted by atomic mass is 10.1. The van der Waals surface area contributed by atoms with Crippen molar-refractivity contribution in [1.82, 2.24) is 0 Å². The van der Waals surface area contributed by atoms with Crippen LogP contribution in [0.5, 0.6) is 11.5 Å². The van der Waals surface area contributed by atoms with Crippen molar-refractivity contribution < 1.29 is 14.2 Å². The first-order valence-corrected chi connectivity index (χ1v) is 6.38. The molecule has 2 N–H and O–H groups in total. The summed E-state index contributed by atoms with van der Waals surface area (Å²) in [5.41, 5.74) is 6.88. The van der Waals surface area contributed by atoms with E-state index in [9.17, 15) is 0 Å². The van der Waals surface area contributed by atoms with Crippen molar-refractivity contribution >= 4 is 0 Å². The van der Waals surface area contributed by atoms with Gasteiger partial charge in [-0.3, -0.25) is 0 Å². The molecule has 2 rings (SSSR count). The highest BCUT2D eigenvalue weighted by Gasteiger charge is 2.17. The van der Waals surface area contributed by atoms with Gasteiger partial charge in [0.15, 0.2) is 11.5 Å². The zero-order valence-corrected chi connectivity index (χ0v) is 11.0. The second-order valence-corrected chi connectivity index (χ2v) is 4.65. The number of methoxy groups -OCH3 is 1. The number of rotatable bonds is 5. The lowest BCUT2D eigenvalue weighted by Crippen LogP contribution is -2.16. The van der Waals surface area contributed by atoms with E-state index < -0.39 is 0 Å². The molecule has 0 aromatic heterocycles. The molecule has 0 aliphatic carbocycles. The molecule has 4 nitrogen and oxygen atoms in total. The molecule has 1 aromatic rings. The van der Waals surface area contributed by atoms with Crippen LogP contribution in [-0.2, 0) is 4.74 Å². The van der Waals surface area contributed by atoms with Gasteiger partial charge in [0.25, 0.3) is 0 Å². The lowest BCUT2D eigenvalue weighted by molar-refractivity contribution is 0.0669. The Morgan fingerprint density at radius 3 is 2.89 bits per heavy atom. The molecule has 1 aromatic carbocycles. The smallest absolute Gasteiger partial charge is 0.161 e. The molecule has 0 amide bonds. The van der Waals surface area contributed by atoms with Gasteiger partial charge in [-0.05, 0) is 37.5 Å². The highest BCUT2D eigenvalue weighted by molar-refractivity contribution is 5.43. The number of benzene rings is 1. The van der Waals surface area contributed by atoms with Crippen LogP contribution in [0.2, 0.25) is 0 Å². The number of hydrogen-bond donors (Lipinski definition) is 1. The summed E-state index contributed by atoms with van der Waals surface area (Å²) in [7, 11) is 1.64. The summed E-state index contributed by atoms with van der Waals surface area (Å²) in [5.74, 6) is 1.47. The van der Waals surface area contributed by atoms with Crippen molar-refractivity contribution in [2.45, 2.75) is 31.9 Å². The molecule has 1 heterocycles. The highest BCUT2D eigenvalue weighted by Crippen LogP contribution is 2.30. The van der Waals surface area contributed by atoms with Crippen LogP contribution in [0, 0.1) is 0 Å². The molecule has 1 unspecified atom stereocenters. The van der Waals surface area contributed by atoms with Crippen molar-refractivity contribution in [2.75, 3.05) is 20.3 Å². The van der Waals surface area contributed by atoms with E-state index in [1.165, 1.54) is 0 Å². The van der Waals surface area contributed by atoms with Crippen molar-refractivity contribution in [2.24, 2.45) is 5.73 Å². The molecule has 100 valence electrons. The third kappa shape index (κ3) is 3.15. The van der Waals surface area contributed by atoms with Crippen LogP contribution in [0.1, 0.15) is 31.4 Å². The van der Waals surface area contributed by atoms with Crippen molar-refractivity contribution in [1.29, 1.82) is 0 Å². The Labute approximate surface area is 108 Å². The van der Waals surface area contributed by atoms with E-state index in [0.29, 0.717) is 6.61 Å². The monoisotopic (exact) mass is 251 g/mol. The summed E-state index contributed by atoms with van der Waals surface area (Å²) in [6.45, 7) is 3.37. The second-order valence-electron chi connectivity index (χ2n) is 4.65. The van der Waals surface area contributed by atoms with Gasteiger partial charge in [-0.15, -0.1) is 0 Å². The van der Waals surface area contributed by atoms with Gasteiger partial charge in [0.2, 0.25) is 0 Å². The van der Waals surface area contributed by atoms with Crippen LogP contribution in [0.25, 0.3) is 0 Å². The topological polar surface area (TPSA) is 53.7 Å². The quantitative estimate of drug-likeness (QED) is 0.872. The Bertz CT molecular complexity index is 387. The van der Waals surface area contributed by atoms with Gasteiger partial charge in [-0.25, -0.2) is 0 Å². The zero-order valence-electron chi connectivity index (χ0n) is 11.0. The molecule has 4 heteroatoms. The molecule has 0 saturated carbocycles. The summed E-state index contributed by atoms with van der Waals surface area (Å²) in [5, 5.41) is 0. The first kappa shape index (κ1) is 13.2. The highest BCUT2D eigenvalue weighted by atomic mass is 16.5. The molecular weight excluding hydrogens is 230 g/mol. The molecule has 18 heavy (non-hydrogen) atoms. The van der Waals surface area contributed by atoms with Crippen LogP contribution >= 0.6 is 0 Å². The van der Waals surface area contributed by atoms with E-state index in [2.05, 4.69) is 0 Å². The average molecular weight is 251 g/mol. The van der Waals surface area contributed by atoms with Crippen molar-refractivity contribution in [3.05, 3.63) is 23.8 Å². The fraction of sp³-hybridized carbons (Fsp3) is 0.571. The maximum Gasteiger partial charge on any atom is 0.161 e. The van der Waals surface area contributed by atoms with E-state index in [4.69, 9.17) is 19.9 Å². The molecule has 0 spiro atoms. The minimum absolute atomic E-state index is 0.00823. The van der Waals surface area contributed by atoms with Gasteiger partial charge in [0.1, 0.15) is 6.61 Å². The third-order valence-electron chi connectivity index (χ3n) is 3.16. The summed E-state index contributed by atoms with van der Waals surface area (Å²) in [6.07, 6.45) is 2.40. The SMILES string of the molecule is COc1cc([C@@H](C)N)ccc1OCC1CCCO1. The van der Waals surface area contributed by atoms with Gasteiger partial charge >= 0.3 is 0 Å². The van der Waals surface area contributed by atoms with E-state index in [-0.39, 0.29) is 12.1 Å².